The molecule has 0 aliphatic rings. The van der Waals surface area contributed by atoms with Crippen molar-refractivity contribution in [3.63, 3.8) is 0 Å². The van der Waals surface area contributed by atoms with E-state index in [2.05, 4.69) is 15.3 Å². The van der Waals surface area contributed by atoms with E-state index < -0.39 is 0 Å². The molecule has 6 nitrogen and oxygen atoms in total. The van der Waals surface area contributed by atoms with Crippen molar-refractivity contribution in [3.05, 3.63) is 63.4 Å². The van der Waals surface area contributed by atoms with Gasteiger partial charge in [-0.2, -0.15) is 10.2 Å². The van der Waals surface area contributed by atoms with Crippen LogP contribution in [0.4, 0.5) is 0 Å². The molecule has 21 heavy (non-hydrogen) atoms. The van der Waals surface area contributed by atoms with Gasteiger partial charge in [-0.25, -0.2) is 4.68 Å². The molecule has 1 N–H and O–H groups in total. The average Bonchev–Trinajstić information content (AvgIpc) is 2.82. The number of hydrogen-bond donors (Lipinski definition) is 1. The van der Waals surface area contributed by atoms with Crippen LogP contribution >= 0.6 is 12.2 Å². The zero-order chi connectivity index (χ0) is 14.8. The molecule has 0 amide bonds. The number of benzene rings is 1. The van der Waals surface area contributed by atoms with Crippen molar-refractivity contribution in [2.75, 3.05) is 0 Å². The van der Waals surface area contributed by atoms with Crippen LogP contribution in [0.15, 0.2) is 47.3 Å². The molecule has 0 aliphatic heterocycles. The van der Waals surface area contributed by atoms with Gasteiger partial charge in [0.25, 0.3) is 5.56 Å². The summed E-state index contributed by atoms with van der Waals surface area (Å²) in [5.74, 6) is 0.653. The van der Waals surface area contributed by atoms with Crippen molar-refractivity contribution in [2.24, 2.45) is 7.05 Å². The molecular formula is C14H13N5OS. The van der Waals surface area contributed by atoms with Crippen LogP contribution in [0, 0.1) is 4.77 Å². The summed E-state index contributed by atoms with van der Waals surface area (Å²) in [6.45, 7) is 0.267. The van der Waals surface area contributed by atoms with E-state index in [9.17, 15) is 4.79 Å². The molecule has 0 spiro atoms. The average molecular weight is 299 g/mol. The summed E-state index contributed by atoms with van der Waals surface area (Å²) in [5, 5.41) is 11.2. The molecule has 0 saturated carbocycles. The Bertz CT molecular complexity index is 878. The number of nitrogens with zero attached hydrogens (tertiary/aromatic N) is 4. The van der Waals surface area contributed by atoms with E-state index >= 15 is 0 Å². The largest absolute Gasteiger partial charge is 0.306 e. The highest BCUT2D eigenvalue weighted by molar-refractivity contribution is 7.71. The number of aromatic nitrogens is 5. The highest BCUT2D eigenvalue weighted by Crippen LogP contribution is 2.14. The lowest BCUT2D eigenvalue weighted by Crippen LogP contribution is -2.24. The van der Waals surface area contributed by atoms with Crippen molar-refractivity contribution >= 4 is 12.2 Å². The van der Waals surface area contributed by atoms with Gasteiger partial charge in [0.1, 0.15) is 6.54 Å². The summed E-state index contributed by atoms with van der Waals surface area (Å²) in [5.41, 5.74) is 1.53. The van der Waals surface area contributed by atoms with Crippen LogP contribution in [0.3, 0.4) is 0 Å². The Kier molecular flexibility index (Phi) is 3.49. The zero-order valence-corrected chi connectivity index (χ0v) is 12.2. The Morgan fingerprint density at radius 1 is 1.19 bits per heavy atom. The highest BCUT2D eigenvalue weighted by Gasteiger charge is 2.07. The van der Waals surface area contributed by atoms with Crippen molar-refractivity contribution in [3.8, 4) is 11.3 Å². The SMILES string of the molecule is Cn1c(Cn2nc(-c3ccccc3)ccc2=O)n[nH]c1=S. The fourth-order valence-corrected chi connectivity index (χ4v) is 2.13. The minimum Gasteiger partial charge on any atom is -0.306 e. The van der Waals surface area contributed by atoms with Crippen LogP contribution in [0.25, 0.3) is 11.3 Å². The van der Waals surface area contributed by atoms with Crippen molar-refractivity contribution in [1.29, 1.82) is 0 Å². The fourth-order valence-electron chi connectivity index (χ4n) is 1.98. The van der Waals surface area contributed by atoms with E-state index in [1.807, 2.05) is 30.3 Å². The van der Waals surface area contributed by atoms with Crippen LogP contribution in [0.2, 0.25) is 0 Å². The minimum absolute atomic E-state index is 0.177. The van der Waals surface area contributed by atoms with Gasteiger partial charge in [0.15, 0.2) is 10.6 Å². The van der Waals surface area contributed by atoms with Crippen molar-refractivity contribution < 1.29 is 0 Å². The van der Waals surface area contributed by atoms with Gasteiger partial charge < -0.3 is 4.57 Å². The predicted molar refractivity (Wildman–Crippen MR) is 81.4 cm³/mol. The van der Waals surface area contributed by atoms with E-state index in [4.69, 9.17) is 12.2 Å². The molecule has 0 atom stereocenters. The van der Waals surface area contributed by atoms with E-state index in [1.165, 1.54) is 10.7 Å². The monoisotopic (exact) mass is 299 g/mol. The molecule has 0 saturated heterocycles. The Hall–Kier alpha value is -2.54. The summed E-state index contributed by atoms with van der Waals surface area (Å²) in [6, 6.07) is 12.9. The predicted octanol–water partition coefficient (Wildman–Crippen LogP) is 1.75. The lowest BCUT2D eigenvalue weighted by atomic mass is 10.1. The maximum atomic E-state index is 12.0. The minimum atomic E-state index is -0.177. The third kappa shape index (κ3) is 2.68. The van der Waals surface area contributed by atoms with Crippen LogP contribution in [-0.4, -0.2) is 24.5 Å². The van der Waals surface area contributed by atoms with E-state index in [0.29, 0.717) is 10.6 Å². The number of H-pyrrole nitrogens is 1. The first-order valence-electron chi connectivity index (χ1n) is 6.39. The van der Waals surface area contributed by atoms with E-state index in [1.54, 1.807) is 17.7 Å². The summed E-state index contributed by atoms with van der Waals surface area (Å²) >= 11 is 5.06. The third-order valence-electron chi connectivity index (χ3n) is 3.20. The molecule has 0 bridgehead atoms. The second-order valence-electron chi connectivity index (χ2n) is 4.58. The van der Waals surface area contributed by atoms with Crippen molar-refractivity contribution in [1.82, 2.24) is 24.5 Å². The topological polar surface area (TPSA) is 68.5 Å². The first-order chi connectivity index (χ1) is 10.1. The van der Waals surface area contributed by atoms with Gasteiger partial charge in [0.05, 0.1) is 5.69 Å². The molecule has 2 heterocycles. The number of nitrogens with one attached hydrogen (secondary N) is 1. The summed E-state index contributed by atoms with van der Waals surface area (Å²) in [6.07, 6.45) is 0. The van der Waals surface area contributed by atoms with Gasteiger partial charge in [-0.1, -0.05) is 30.3 Å². The lowest BCUT2D eigenvalue weighted by molar-refractivity contribution is 0.597. The summed E-state index contributed by atoms with van der Waals surface area (Å²) in [7, 11) is 1.80. The highest BCUT2D eigenvalue weighted by atomic mass is 32.1. The van der Waals surface area contributed by atoms with E-state index in [-0.39, 0.29) is 12.1 Å². The second kappa shape index (κ2) is 5.45. The molecule has 0 fully saturated rings. The van der Waals surface area contributed by atoms with Crippen LogP contribution in [0.5, 0.6) is 0 Å². The molecule has 0 unspecified atom stereocenters. The van der Waals surface area contributed by atoms with Gasteiger partial charge in [0.2, 0.25) is 0 Å². The molecular weight excluding hydrogens is 286 g/mol. The van der Waals surface area contributed by atoms with Gasteiger partial charge in [0, 0.05) is 18.7 Å². The quantitative estimate of drug-likeness (QED) is 0.748. The molecule has 7 heteroatoms. The normalized spacial score (nSPS) is 10.7. The molecule has 0 radical (unpaired) electrons. The summed E-state index contributed by atoms with van der Waals surface area (Å²) < 4.78 is 3.61. The first-order valence-corrected chi connectivity index (χ1v) is 6.80. The van der Waals surface area contributed by atoms with Crippen LogP contribution < -0.4 is 5.56 Å². The smallest absolute Gasteiger partial charge is 0.267 e. The lowest BCUT2D eigenvalue weighted by Gasteiger charge is -2.06. The standard InChI is InChI=1S/C14H13N5OS/c1-18-12(15-16-14(18)21)9-19-13(20)8-7-11(17-19)10-5-3-2-4-6-10/h2-8H,9H2,1H3,(H,16,21). The Balaban J connectivity index is 2.01. The molecule has 1 aromatic carbocycles. The Morgan fingerprint density at radius 3 is 2.62 bits per heavy atom. The van der Waals surface area contributed by atoms with Gasteiger partial charge in [-0.15, -0.1) is 0 Å². The van der Waals surface area contributed by atoms with Gasteiger partial charge in [-0.3, -0.25) is 9.89 Å². The van der Waals surface area contributed by atoms with Gasteiger partial charge >= 0.3 is 0 Å². The molecule has 2 aromatic heterocycles. The molecule has 106 valence electrons. The number of hydrogen-bond acceptors (Lipinski definition) is 4. The number of rotatable bonds is 3. The summed E-state index contributed by atoms with van der Waals surface area (Å²) in [4.78, 5) is 12.0. The maximum absolute atomic E-state index is 12.0. The van der Waals surface area contributed by atoms with Crippen LogP contribution in [0.1, 0.15) is 5.82 Å². The maximum Gasteiger partial charge on any atom is 0.267 e. The molecule has 0 aliphatic carbocycles. The molecule has 3 rings (SSSR count). The van der Waals surface area contributed by atoms with Gasteiger partial charge in [-0.05, 0) is 18.3 Å². The third-order valence-corrected chi connectivity index (χ3v) is 3.56. The Morgan fingerprint density at radius 2 is 1.95 bits per heavy atom. The Labute approximate surface area is 125 Å². The van der Waals surface area contributed by atoms with Crippen LogP contribution in [-0.2, 0) is 13.6 Å². The molecule has 3 aromatic rings. The first kappa shape index (κ1) is 13.4. The fraction of sp³-hybridized carbons (Fsp3) is 0.143. The van der Waals surface area contributed by atoms with E-state index in [0.717, 1.165) is 11.3 Å². The zero-order valence-electron chi connectivity index (χ0n) is 11.4. The second-order valence-corrected chi connectivity index (χ2v) is 4.97. The van der Waals surface area contributed by atoms with Crippen molar-refractivity contribution in [2.45, 2.75) is 6.54 Å². The number of aromatic amines is 1.